The summed E-state index contributed by atoms with van der Waals surface area (Å²) in [5, 5.41) is 24.5. The van der Waals surface area contributed by atoms with Crippen molar-refractivity contribution in [3.63, 3.8) is 0 Å². The Balaban J connectivity index is 0.000000281. The molecule has 0 aliphatic carbocycles. The fraction of sp³-hybridized carbons (Fsp3) is 0.364. The van der Waals surface area contributed by atoms with Crippen LogP contribution < -0.4 is 10.6 Å². The van der Waals surface area contributed by atoms with Gasteiger partial charge in [-0.25, -0.2) is 0 Å². The predicted molar refractivity (Wildman–Crippen MR) is 120 cm³/mol. The number of benzene rings is 2. The fourth-order valence-electron chi connectivity index (χ4n) is 3.96. The summed E-state index contributed by atoms with van der Waals surface area (Å²) in [6.45, 7) is 1.58. The zero-order chi connectivity index (χ0) is 19.9. The van der Waals surface area contributed by atoms with Crippen LogP contribution in [0.4, 0.5) is 0 Å². The summed E-state index contributed by atoms with van der Waals surface area (Å²) in [5.74, 6) is -1.97. The van der Waals surface area contributed by atoms with Crippen LogP contribution in [-0.4, -0.2) is 35.2 Å². The van der Waals surface area contributed by atoms with E-state index in [9.17, 15) is 9.59 Å². The maximum absolute atomic E-state index is 10.9. The van der Waals surface area contributed by atoms with E-state index in [0.717, 1.165) is 37.1 Å². The van der Waals surface area contributed by atoms with Crippen molar-refractivity contribution < 1.29 is 19.8 Å². The number of carboxylic acid groups (broad SMARTS) is 2. The zero-order valence-corrected chi connectivity index (χ0v) is 18.1. The van der Waals surface area contributed by atoms with Crippen LogP contribution in [0.25, 0.3) is 0 Å². The van der Waals surface area contributed by atoms with Crippen molar-refractivity contribution in [1.82, 2.24) is 10.6 Å². The van der Waals surface area contributed by atoms with Crippen molar-refractivity contribution in [3.05, 3.63) is 71.8 Å². The minimum absolute atomic E-state index is 0. The maximum Gasteiger partial charge on any atom is 0.308 e. The molecule has 2 aliphatic heterocycles. The van der Waals surface area contributed by atoms with Crippen molar-refractivity contribution in [2.24, 2.45) is 11.8 Å². The number of hydrogen-bond donors (Lipinski definition) is 4. The topological polar surface area (TPSA) is 98.7 Å². The van der Waals surface area contributed by atoms with Crippen molar-refractivity contribution in [3.8, 4) is 0 Å². The Bertz CT molecular complexity index is 725. The molecule has 0 aromatic heterocycles. The van der Waals surface area contributed by atoms with Crippen molar-refractivity contribution in [2.45, 2.75) is 24.9 Å². The summed E-state index contributed by atoms with van der Waals surface area (Å²) < 4.78 is 0. The fourth-order valence-corrected chi connectivity index (χ4v) is 3.96. The Kier molecular flexibility index (Phi) is 10.8. The van der Waals surface area contributed by atoms with Crippen LogP contribution in [-0.2, 0) is 9.59 Å². The second-order valence-corrected chi connectivity index (χ2v) is 7.15. The van der Waals surface area contributed by atoms with E-state index >= 15 is 0 Å². The summed E-state index contributed by atoms with van der Waals surface area (Å²) in [4.78, 5) is 21.9. The average Bonchev–Trinajstić information content (AvgIpc) is 3.40. The Morgan fingerprint density at radius 3 is 1.30 bits per heavy atom. The molecule has 4 atom stereocenters. The van der Waals surface area contributed by atoms with Crippen molar-refractivity contribution in [1.29, 1.82) is 0 Å². The lowest BCUT2D eigenvalue weighted by Crippen LogP contribution is -2.23. The lowest BCUT2D eigenvalue weighted by Gasteiger charge is -2.15. The first kappa shape index (κ1) is 25.9. The van der Waals surface area contributed by atoms with E-state index in [1.54, 1.807) is 0 Å². The lowest BCUT2D eigenvalue weighted by molar-refractivity contribution is -0.143. The van der Waals surface area contributed by atoms with Gasteiger partial charge in [-0.05, 0) is 37.1 Å². The van der Waals surface area contributed by atoms with E-state index < -0.39 is 11.9 Å². The number of aliphatic carboxylic acids is 2. The van der Waals surface area contributed by atoms with E-state index in [1.807, 2.05) is 60.7 Å². The van der Waals surface area contributed by atoms with Crippen LogP contribution in [0.1, 0.15) is 36.1 Å². The number of halogens is 2. The number of carbonyl (C=O) groups is 2. The van der Waals surface area contributed by atoms with Crippen LogP contribution in [0.15, 0.2) is 60.7 Å². The smallest absolute Gasteiger partial charge is 0.308 e. The van der Waals surface area contributed by atoms with Gasteiger partial charge in [0.05, 0.1) is 11.8 Å². The van der Waals surface area contributed by atoms with E-state index in [1.165, 1.54) is 0 Å². The van der Waals surface area contributed by atoms with Gasteiger partial charge in [0, 0.05) is 12.1 Å². The van der Waals surface area contributed by atoms with Gasteiger partial charge < -0.3 is 20.8 Å². The third-order valence-electron chi connectivity index (χ3n) is 5.40. The van der Waals surface area contributed by atoms with Gasteiger partial charge in [-0.2, -0.15) is 0 Å². The highest BCUT2D eigenvalue weighted by molar-refractivity contribution is 5.85. The Hall–Kier alpha value is -2.12. The van der Waals surface area contributed by atoms with Crippen molar-refractivity contribution in [2.75, 3.05) is 13.1 Å². The molecule has 0 amide bonds. The highest BCUT2D eigenvalue weighted by atomic mass is 35.5. The summed E-state index contributed by atoms with van der Waals surface area (Å²) in [5.41, 5.74) is 2.13. The molecular weight excluding hydrogens is 427 g/mol. The molecule has 4 N–H and O–H groups in total. The van der Waals surface area contributed by atoms with Crippen LogP contribution >= 0.6 is 24.8 Å². The molecule has 2 aromatic carbocycles. The molecule has 164 valence electrons. The monoisotopic (exact) mass is 454 g/mol. The average molecular weight is 455 g/mol. The van der Waals surface area contributed by atoms with Crippen LogP contribution in [0.3, 0.4) is 0 Å². The van der Waals surface area contributed by atoms with Crippen LogP contribution in [0.2, 0.25) is 0 Å². The van der Waals surface area contributed by atoms with Gasteiger partial charge in [0.25, 0.3) is 0 Å². The Morgan fingerprint density at radius 2 is 1.00 bits per heavy atom. The molecule has 4 rings (SSSR count). The first-order chi connectivity index (χ1) is 13.6. The third-order valence-corrected chi connectivity index (χ3v) is 5.40. The Morgan fingerprint density at radius 1 is 0.667 bits per heavy atom. The standard InChI is InChI=1S/2C11H13NO2.2ClH/c2*13-11(14)9-6-7-12-10(9)8-4-2-1-3-5-8;;/h2*1-5,9-10,12H,6-7H2,(H,13,14);2*1H/t2*9-,10-;;/m10../s1. The van der Waals surface area contributed by atoms with Crippen LogP contribution in [0.5, 0.6) is 0 Å². The summed E-state index contributed by atoms with van der Waals surface area (Å²) in [6, 6.07) is 19.5. The molecule has 6 nitrogen and oxygen atoms in total. The molecular formula is C22H28Cl2N2O4. The van der Waals surface area contributed by atoms with Gasteiger partial charge >= 0.3 is 11.9 Å². The first-order valence-electron chi connectivity index (χ1n) is 9.60. The third kappa shape index (κ3) is 6.44. The Labute approximate surface area is 188 Å². The number of hydrogen-bond acceptors (Lipinski definition) is 4. The van der Waals surface area contributed by atoms with E-state index in [0.29, 0.717) is 0 Å². The van der Waals surface area contributed by atoms with Gasteiger partial charge in [-0.3, -0.25) is 9.59 Å². The van der Waals surface area contributed by atoms with E-state index in [2.05, 4.69) is 10.6 Å². The molecule has 2 aliphatic rings. The predicted octanol–water partition coefficient (Wildman–Crippen LogP) is 3.69. The number of nitrogens with one attached hydrogen (secondary N) is 2. The normalized spacial score (nSPS) is 24.5. The highest BCUT2D eigenvalue weighted by Crippen LogP contribution is 2.30. The molecule has 0 saturated carbocycles. The second-order valence-electron chi connectivity index (χ2n) is 7.15. The molecule has 8 heteroatoms. The number of rotatable bonds is 4. The minimum Gasteiger partial charge on any atom is -0.481 e. The summed E-state index contributed by atoms with van der Waals surface area (Å²) in [6.07, 6.45) is 1.43. The van der Waals surface area contributed by atoms with Gasteiger partial charge in [0.15, 0.2) is 0 Å². The lowest BCUT2D eigenvalue weighted by atomic mass is 9.94. The summed E-state index contributed by atoms with van der Waals surface area (Å²) in [7, 11) is 0. The first-order valence-corrected chi connectivity index (χ1v) is 9.60. The van der Waals surface area contributed by atoms with Crippen LogP contribution in [0, 0.1) is 11.8 Å². The molecule has 2 fully saturated rings. The van der Waals surface area contributed by atoms with E-state index in [-0.39, 0.29) is 48.7 Å². The second kappa shape index (κ2) is 12.5. The highest BCUT2D eigenvalue weighted by Gasteiger charge is 2.34. The number of carboxylic acids is 2. The van der Waals surface area contributed by atoms with Gasteiger partial charge in [-0.15, -0.1) is 24.8 Å². The molecule has 2 saturated heterocycles. The molecule has 0 spiro atoms. The zero-order valence-electron chi connectivity index (χ0n) is 16.4. The van der Waals surface area contributed by atoms with E-state index in [4.69, 9.17) is 10.2 Å². The molecule has 0 unspecified atom stereocenters. The van der Waals surface area contributed by atoms with Gasteiger partial charge in [-0.1, -0.05) is 60.7 Å². The SMILES string of the molecule is Cl.Cl.O=C(O)[C@@H]1CCN[C@@H]1c1ccccc1.O=C(O)[C@H]1CCN[C@H]1c1ccccc1. The summed E-state index contributed by atoms with van der Waals surface area (Å²) >= 11 is 0. The van der Waals surface area contributed by atoms with Crippen molar-refractivity contribution >= 4 is 36.8 Å². The molecule has 2 heterocycles. The minimum atomic E-state index is -0.705. The maximum atomic E-state index is 10.9. The molecule has 0 bridgehead atoms. The quantitative estimate of drug-likeness (QED) is 0.562. The van der Waals surface area contributed by atoms with Gasteiger partial charge in [0.1, 0.15) is 0 Å². The molecule has 2 aromatic rings. The van der Waals surface area contributed by atoms with Gasteiger partial charge in [0.2, 0.25) is 0 Å². The largest absolute Gasteiger partial charge is 0.481 e. The molecule has 30 heavy (non-hydrogen) atoms. The molecule has 0 radical (unpaired) electrons.